The van der Waals surface area contributed by atoms with Crippen LogP contribution >= 0.6 is 12.6 Å². The van der Waals surface area contributed by atoms with Crippen LogP contribution in [-0.2, 0) is 23.2 Å². The fourth-order valence-electron chi connectivity index (χ4n) is 1.32. The number of aromatic nitrogens is 2. The number of carbonyl (C=O) groups is 2. The van der Waals surface area contributed by atoms with Crippen LogP contribution in [0, 0.1) is 0 Å². The Morgan fingerprint density at radius 1 is 1.59 bits per heavy atom. The molecule has 7 heteroatoms. The zero-order valence-electron chi connectivity index (χ0n) is 9.80. The number of amides is 2. The van der Waals surface area contributed by atoms with Crippen LogP contribution in [0.5, 0.6) is 0 Å². The van der Waals surface area contributed by atoms with Gasteiger partial charge in [-0.3, -0.25) is 14.3 Å². The predicted octanol–water partition coefficient (Wildman–Crippen LogP) is -0.529. The third kappa shape index (κ3) is 4.48. The SMILES string of the molecule is CC(=O)NC(CS)C(=O)NCc1cnn(C)c1. The largest absolute Gasteiger partial charge is 0.350 e. The fraction of sp³-hybridized carbons (Fsp3) is 0.500. The summed E-state index contributed by atoms with van der Waals surface area (Å²) in [6.07, 6.45) is 3.49. The summed E-state index contributed by atoms with van der Waals surface area (Å²) in [5, 5.41) is 9.22. The molecule has 1 aromatic heterocycles. The molecular formula is C10H16N4O2S. The second kappa shape index (κ2) is 6.29. The van der Waals surface area contributed by atoms with Crippen molar-refractivity contribution in [3.8, 4) is 0 Å². The number of aryl methyl sites for hydroxylation is 1. The highest BCUT2D eigenvalue weighted by molar-refractivity contribution is 7.80. The molecule has 17 heavy (non-hydrogen) atoms. The summed E-state index contributed by atoms with van der Waals surface area (Å²) in [6.45, 7) is 1.75. The van der Waals surface area contributed by atoms with Gasteiger partial charge in [0.15, 0.2) is 0 Å². The van der Waals surface area contributed by atoms with Gasteiger partial charge in [0.05, 0.1) is 6.20 Å². The average Bonchev–Trinajstić information content (AvgIpc) is 2.68. The molecule has 0 aliphatic rings. The molecule has 0 aromatic carbocycles. The summed E-state index contributed by atoms with van der Waals surface area (Å²) in [4.78, 5) is 22.5. The van der Waals surface area contributed by atoms with E-state index in [1.807, 2.05) is 6.20 Å². The summed E-state index contributed by atoms with van der Waals surface area (Å²) in [6, 6.07) is -0.604. The van der Waals surface area contributed by atoms with Crippen molar-refractivity contribution in [3.05, 3.63) is 18.0 Å². The van der Waals surface area contributed by atoms with Crippen molar-refractivity contribution >= 4 is 24.4 Å². The van der Waals surface area contributed by atoms with Crippen molar-refractivity contribution in [3.63, 3.8) is 0 Å². The third-order valence-corrected chi connectivity index (χ3v) is 2.47. The van der Waals surface area contributed by atoms with Gasteiger partial charge in [-0.25, -0.2) is 0 Å². The molecule has 0 saturated carbocycles. The summed E-state index contributed by atoms with van der Waals surface area (Å²) < 4.78 is 1.66. The van der Waals surface area contributed by atoms with E-state index < -0.39 is 6.04 Å². The molecule has 0 aliphatic carbocycles. The lowest BCUT2D eigenvalue weighted by molar-refractivity contribution is -0.127. The molecule has 1 unspecified atom stereocenters. The minimum Gasteiger partial charge on any atom is -0.350 e. The van der Waals surface area contributed by atoms with Crippen LogP contribution in [0.3, 0.4) is 0 Å². The van der Waals surface area contributed by atoms with Crippen LogP contribution in [0.15, 0.2) is 12.4 Å². The van der Waals surface area contributed by atoms with Crippen molar-refractivity contribution in [2.24, 2.45) is 7.05 Å². The number of nitrogens with one attached hydrogen (secondary N) is 2. The Labute approximate surface area is 105 Å². The molecule has 0 bridgehead atoms. The second-order valence-corrected chi connectivity index (χ2v) is 4.04. The first kappa shape index (κ1) is 13.6. The maximum Gasteiger partial charge on any atom is 0.243 e. The number of carbonyl (C=O) groups excluding carboxylic acids is 2. The molecule has 6 nitrogen and oxygen atoms in total. The van der Waals surface area contributed by atoms with Crippen LogP contribution in [0.1, 0.15) is 12.5 Å². The molecule has 0 saturated heterocycles. The van der Waals surface area contributed by atoms with Gasteiger partial charge in [0.25, 0.3) is 0 Å². The van der Waals surface area contributed by atoms with E-state index in [1.165, 1.54) is 6.92 Å². The summed E-state index contributed by atoms with van der Waals surface area (Å²) in [7, 11) is 1.80. The minimum atomic E-state index is -0.604. The quantitative estimate of drug-likeness (QED) is 0.620. The van der Waals surface area contributed by atoms with Gasteiger partial charge in [0, 0.05) is 38.0 Å². The topological polar surface area (TPSA) is 76.0 Å². The van der Waals surface area contributed by atoms with E-state index in [-0.39, 0.29) is 17.6 Å². The average molecular weight is 256 g/mol. The fourth-order valence-corrected chi connectivity index (χ4v) is 1.57. The maximum atomic E-state index is 11.7. The van der Waals surface area contributed by atoms with E-state index in [9.17, 15) is 9.59 Å². The normalized spacial score (nSPS) is 11.9. The van der Waals surface area contributed by atoms with Crippen LogP contribution in [-0.4, -0.2) is 33.4 Å². The van der Waals surface area contributed by atoms with Crippen molar-refractivity contribution in [1.29, 1.82) is 0 Å². The van der Waals surface area contributed by atoms with E-state index in [1.54, 1.807) is 17.9 Å². The number of hydrogen-bond acceptors (Lipinski definition) is 4. The molecule has 0 fully saturated rings. The molecular weight excluding hydrogens is 240 g/mol. The minimum absolute atomic E-state index is 0.249. The molecule has 0 aliphatic heterocycles. The lowest BCUT2D eigenvalue weighted by Gasteiger charge is -2.14. The molecule has 94 valence electrons. The van der Waals surface area contributed by atoms with Crippen molar-refractivity contribution in [2.45, 2.75) is 19.5 Å². The smallest absolute Gasteiger partial charge is 0.243 e. The van der Waals surface area contributed by atoms with Crippen LogP contribution in [0.4, 0.5) is 0 Å². The standard InChI is InChI=1S/C10H16N4O2S/c1-7(15)13-9(6-17)10(16)11-3-8-4-12-14(2)5-8/h4-5,9,17H,3,6H2,1-2H3,(H,11,16)(H,13,15). The Morgan fingerprint density at radius 3 is 2.76 bits per heavy atom. The maximum absolute atomic E-state index is 11.7. The zero-order valence-corrected chi connectivity index (χ0v) is 10.7. The van der Waals surface area contributed by atoms with E-state index in [0.29, 0.717) is 6.54 Å². The Kier molecular flexibility index (Phi) is 5.02. The summed E-state index contributed by atoms with van der Waals surface area (Å²) in [5.41, 5.74) is 0.904. The number of rotatable bonds is 5. The highest BCUT2D eigenvalue weighted by atomic mass is 32.1. The summed E-state index contributed by atoms with van der Waals surface area (Å²) >= 11 is 4.02. The van der Waals surface area contributed by atoms with Gasteiger partial charge < -0.3 is 10.6 Å². The van der Waals surface area contributed by atoms with E-state index in [2.05, 4.69) is 28.4 Å². The van der Waals surface area contributed by atoms with Crippen molar-refractivity contribution in [1.82, 2.24) is 20.4 Å². The van der Waals surface area contributed by atoms with Crippen molar-refractivity contribution < 1.29 is 9.59 Å². The molecule has 1 aromatic rings. The molecule has 1 rings (SSSR count). The zero-order chi connectivity index (χ0) is 12.8. The molecule has 2 amide bonds. The van der Waals surface area contributed by atoms with Gasteiger partial charge in [-0.2, -0.15) is 17.7 Å². The predicted molar refractivity (Wildman–Crippen MR) is 66.5 cm³/mol. The number of hydrogen-bond donors (Lipinski definition) is 3. The first-order valence-corrected chi connectivity index (χ1v) is 5.79. The Balaban J connectivity index is 2.44. The summed E-state index contributed by atoms with van der Waals surface area (Å²) in [5.74, 6) is -0.238. The third-order valence-electron chi connectivity index (χ3n) is 2.10. The second-order valence-electron chi connectivity index (χ2n) is 3.68. The van der Waals surface area contributed by atoms with Gasteiger partial charge in [0.2, 0.25) is 11.8 Å². The highest BCUT2D eigenvalue weighted by Crippen LogP contribution is 1.96. The number of thiol groups is 1. The van der Waals surface area contributed by atoms with Gasteiger partial charge >= 0.3 is 0 Å². The van der Waals surface area contributed by atoms with Crippen LogP contribution in [0.25, 0.3) is 0 Å². The van der Waals surface area contributed by atoms with E-state index in [0.717, 1.165) is 5.56 Å². The van der Waals surface area contributed by atoms with Crippen LogP contribution < -0.4 is 10.6 Å². The molecule has 0 radical (unpaired) electrons. The first-order chi connectivity index (χ1) is 8.02. The Hall–Kier alpha value is -1.50. The number of nitrogens with zero attached hydrogens (tertiary/aromatic N) is 2. The molecule has 1 atom stereocenters. The van der Waals surface area contributed by atoms with Gasteiger partial charge in [0.1, 0.15) is 6.04 Å². The lowest BCUT2D eigenvalue weighted by atomic mass is 10.3. The molecule has 0 spiro atoms. The Morgan fingerprint density at radius 2 is 2.29 bits per heavy atom. The first-order valence-electron chi connectivity index (χ1n) is 5.16. The van der Waals surface area contributed by atoms with Crippen LogP contribution in [0.2, 0.25) is 0 Å². The molecule has 1 heterocycles. The van der Waals surface area contributed by atoms with Gasteiger partial charge in [-0.1, -0.05) is 0 Å². The van der Waals surface area contributed by atoms with E-state index in [4.69, 9.17) is 0 Å². The van der Waals surface area contributed by atoms with Gasteiger partial charge in [-0.15, -0.1) is 0 Å². The lowest BCUT2D eigenvalue weighted by Crippen LogP contribution is -2.47. The van der Waals surface area contributed by atoms with Gasteiger partial charge in [-0.05, 0) is 0 Å². The Bertz CT molecular complexity index is 405. The monoisotopic (exact) mass is 256 g/mol. The molecule has 2 N–H and O–H groups in total. The highest BCUT2D eigenvalue weighted by Gasteiger charge is 2.17. The van der Waals surface area contributed by atoms with E-state index >= 15 is 0 Å². The van der Waals surface area contributed by atoms with Crippen molar-refractivity contribution in [2.75, 3.05) is 5.75 Å².